The van der Waals surface area contributed by atoms with Gasteiger partial charge in [-0.25, -0.2) is 0 Å². The Kier molecular flexibility index (Phi) is 3.51. The number of benzene rings is 3. The molecule has 0 atom stereocenters. The highest BCUT2D eigenvalue weighted by Gasteiger charge is 2.15. The third kappa shape index (κ3) is 2.20. The Morgan fingerprint density at radius 1 is 0.852 bits per heavy atom. The predicted molar refractivity (Wildman–Crippen MR) is 117 cm³/mol. The number of hydrogen-bond donors (Lipinski definition) is 1. The second kappa shape index (κ2) is 6.03. The van der Waals surface area contributed by atoms with Gasteiger partial charge in [0.25, 0.3) is 0 Å². The summed E-state index contributed by atoms with van der Waals surface area (Å²) in [4.78, 5) is 3.66. The molecule has 130 valence electrons. The summed E-state index contributed by atoms with van der Waals surface area (Å²) in [6, 6.07) is 23.5. The largest absolute Gasteiger partial charge is 0.353 e. The second-order valence-electron chi connectivity index (χ2n) is 6.72. The fourth-order valence-corrected chi connectivity index (χ4v) is 4.16. The number of H-pyrrole nitrogens is 1. The summed E-state index contributed by atoms with van der Waals surface area (Å²) in [6.45, 7) is 6.04. The van der Waals surface area contributed by atoms with Gasteiger partial charge >= 0.3 is 0 Å². The van der Waals surface area contributed by atoms with Gasteiger partial charge in [0.2, 0.25) is 0 Å². The molecule has 0 aliphatic heterocycles. The van der Waals surface area contributed by atoms with Crippen molar-refractivity contribution < 1.29 is 0 Å². The number of nitrogens with one attached hydrogen (secondary N) is 1. The Bertz CT molecular complexity index is 1430. The molecule has 0 aliphatic rings. The summed E-state index contributed by atoms with van der Waals surface area (Å²) < 4.78 is 2.34. The van der Waals surface area contributed by atoms with Gasteiger partial charge in [0.05, 0.1) is 16.4 Å². The van der Waals surface area contributed by atoms with Gasteiger partial charge < -0.3 is 9.55 Å². The summed E-state index contributed by atoms with van der Waals surface area (Å²) >= 11 is 0. The molecule has 0 spiro atoms. The predicted octanol–water partition coefficient (Wildman–Crippen LogP) is 5.03. The normalized spacial score (nSPS) is 13.2. The lowest BCUT2D eigenvalue weighted by molar-refractivity contribution is 1.07. The molecule has 5 aromatic rings. The van der Waals surface area contributed by atoms with Crippen molar-refractivity contribution in [1.82, 2.24) is 9.55 Å². The summed E-state index contributed by atoms with van der Waals surface area (Å²) in [5.41, 5.74) is 4.69. The van der Waals surface area contributed by atoms with Crippen molar-refractivity contribution in [2.24, 2.45) is 0 Å². The molecule has 27 heavy (non-hydrogen) atoms. The lowest BCUT2D eigenvalue weighted by atomic mass is 10.1. The van der Waals surface area contributed by atoms with E-state index in [0.29, 0.717) is 0 Å². The molecule has 1 N–H and O–H groups in total. The molecule has 0 amide bonds. The molecule has 3 aromatic carbocycles. The highest BCUT2D eigenvalue weighted by Crippen LogP contribution is 2.30. The molecule has 0 saturated carbocycles. The molecule has 5 rings (SSSR count). The zero-order valence-electron chi connectivity index (χ0n) is 15.2. The molecule has 2 nitrogen and oxygen atoms in total. The quantitative estimate of drug-likeness (QED) is 0.462. The van der Waals surface area contributed by atoms with E-state index in [1.54, 1.807) is 0 Å². The maximum atomic E-state index is 3.94. The van der Waals surface area contributed by atoms with Crippen LogP contribution in [0.15, 0.2) is 79.4 Å². The monoisotopic (exact) mass is 348 g/mol. The molecule has 2 heteroatoms. The van der Waals surface area contributed by atoms with Crippen LogP contribution in [0.2, 0.25) is 0 Å². The number of nitrogens with zero attached hydrogens (tertiary/aromatic N) is 1. The van der Waals surface area contributed by atoms with Crippen LogP contribution in [-0.2, 0) is 0 Å². The first kappa shape index (κ1) is 15.7. The fourth-order valence-electron chi connectivity index (χ4n) is 4.16. The van der Waals surface area contributed by atoms with Crippen LogP contribution in [0, 0.1) is 0 Å². The van der Waals surface area contributed by atoms with E-state index in [2.05, 4.69) is 102 Å². The zero-order chi connectivity index (χ0) is 18.4. The molecule has 0 saturated heterocycles. The van der Waals surface area contributed by atoms with Crippen molar-refractivity contribution in [3.05, 3.63) is 90.0 Å². The van der Waals surface area contributed by atoms with Gasteiger partial charge in [-0.05, 0) is 31.2 Å². The molecule has 0 radical (unpaired) electrons. The maximum Gasteiger partial charge on any atom is 0.0783 e. The van der Waals surface area contributed by atoms with Crippen LogP contribution in [0.4, 0.5) is 0 Å². The lowest BCUT2D eigenvalue weighted by Crippen LogP contribution is -2.27. The third-order valence-electron chi connectivity index (χ3n) is 5.26. The molecule has 0 bridgehead atoms. The van der Waals surface area contributed by atoms with Crippen molar-refractivity contribution >= 4 is 44.9 Å². The van der Waals surface area contributed by atoms with E-state index in [-0.39, 0.29) is 0 Å². The van der Waals surface area contributed by atoms with Gasteiger partial charge in [0.15, 0.2) is 0 Å². The number of fused-ring (bicyclic) bond motifs is 5. The van der Waals surface area contributed by atoms with Crippen LogP contribution >= 0.6 is 0 Å². The van der Waals surface area contributed by atoms with Crippen LogP contribution in [0.1, 0.15) is 6.92 Å². The van der Waals surface area contributed by atoms with E-state index in [4.69, 9.17) is 0 Å². The Morgan fingerprint density at radius 2 is 1.59 bits per heavy atom. The number of aromatic amines is 1. The van der Waals surface area contributed by atoms with Gasteiger partial charge in [-0.1, -0.05) is 67.3 Å². The van der Waals surface area contributed by atoms with Gasteiger partial charge in [-0.15, -0.1) is 0 Å². The van der Waals surface area contributed by atoms with E-state index >= 15 is 0 Å². The Labute approximate surface area is 157 Å². The highest BCUT2D eigenvalue weighted by atomic mass is 15.0. The van der Waals surface area contributed by atoms with Crippen molar-refractivity contribution in [3.63, 3.8) is 0 Å². The minimum Gasteiger partial charge on any atom is -0.353 e. The van der Waals surface area contributed by atoms with Gasteiger partial charge in [-0.2, -0.15) is 0 Å². The van der Waals surface area contributed by atoms with Crippen LogP contribution in [0.5, 0.6) is 0 Å². The standard InChI is InChI=1S/C25H20N2/c1-3-10-23-18(4-2)21-16-15-20-19-13-8-9-14-22(19)26-24(20)25(21)27(23)17-11-6-5-7-12-17/h3-16,26H,1H2,2H3/b18-4-,23-10+. The third-order valence-corrected chi connectivity index (χ3v) is 5.26. The minimum atomic E-state index is 1.15. The zero-order valence-corrected chi connectivity index (χ0v) is 15.2. The van der Waals surface area contributed by atoms with Gasteiger partial charge in [0.1, 0.15) is 0 Å². The van der Waals surface area contributed by atoms with Crippen molar-refractivity contribution in [3.8, 4) is 5.69 Å². The summed E-state index contributed by atoms with van der Waals surface area (Å²) in [6.07, 6.45) is 6.14. The van der Waals surface area contributed by atoms with E-state index < -0.39 is 0 Å². The number of hydrogen-bond acceptors (Lipinski definition) is 0. The van der Waals surface area contributed by atoms with Crippen LogP contribution in [0.25, 0.3) is 50.5 Å². The number of para-hydroxylation sites is 2. The van der Waals surface area contributed by atoms with Crippen LogP contribution in [-0.4, -0.2) is 9.55 Å². The Balaban J connectivity index is 2.12. The van der Waals surface area contributed by atoms with Crippen molar-refractivity contribution in [1.29, 1.82) is 0 Å². The average Bonchev–Trinajstić information content (AvgIpc) is 3.24. The SMILES string of the molecule is C=C/C=c1\c(=C/C)c2ccc3c4ccccc4[nH]c3c2n1-c1ccccc1. The van der Waals surface area contributed by atoms with Gasteiger partial charge in [-0.3, -0.25) is 0 Å². The average molecular weight is 348 g/mol. The van der Waals surface area contributed by atoms with E-state index in [0.717, 1.165) is 16.6 Å². The first-order chi connectivity index (χ1) is 13.3. The molecule has 2 heterocycles. The first-order valence-corrected chi connectivity index (χ1v) is 9.22. The summed E-state index contributed by atoms with van der Waals surface area (Å²) in [5.74, 6) is 0. The molecular formula is C25H20N2. The highest BCUT2D eigenvalue weighted by molar-refractivity contribution is 6.16. The second-order valence-corrected chi connectivity index (χ2v) is 6.72. The van der Waals surface area contributed by atoms with Crippen molar-refractivity contribution in [2.45, 2.75) is 6.92 Å². The van der Waals surface area contributed by atoms with Crippen LogP contribution in [0.3, 0.4) is 0 Å². The Morgan fingerprint density at radius 3 is 2.37 bits per heavy atom. The number of allylic oxidation sites excluding steroid dienone is 1. The first-order valence-electron chi connectivity index (χ1n) is 9.22. The van der Waals surface area contributed by atoms with E-state index in [1.165, 1.54) is 32.4 Å². The van der Waals surface area contributed by atoms with E-state index in [1.807, 2.05) is 6.08 Å². The summed E-state index contributed by atoms with van der Waals surface area (Å²) in [7, 11) is 0. The van der Waals surface area contributed by atoms with Gasteiger partial charge in [0, 0.05) is 32.6 Å². The summed E-state index contributed by atoms with van der Waals surface area (Å²) in [5, 5.41) is 6.13. The Hall–Kier alpha value is -3.52. The molecule has 2 aromatic heterocycles. The molecule has 0 unspecified atom stereocenters. The fraction of sp³-hybridized carbons (Fsp3) is 0.0400. The number of rotatable bonds is 2. The number of aromatic nitrogens is 2. The van der Waals surface area contributed by atoms with Crippen molar-refractivity contribution in [2.75, 3.05) is 0 Å². The minimum absolute atomic E-state index is 1.15. The maximum absolute atomic E-state index is 3.94. The molecule has 0 aliphatic carbocycles. The lowest BCUT2D eigenvalue weighted by Gasteiger charge is -2.07. The molecular weight excluding hydrogens is 328 g/mol. The van der Waals surface area contributed by atoms with E-state index in [9.17, 15) is 0 Å². The molecule has 0 fully saturated rings. The smallest absolute Gasteiger partial charge is 0.0783 e. The van der Waals surface area contributed by atoms with Crippen LogP contribution < -0.4 is 10.6 Å². The topological polar surface area (TPSA) is 20.7 Å².